The Kier molecular flexibility index (Phi) is 4.39. The van der Waals surface area contributed by atoms with Gasteiger partial charge in [-0.1, -0.05) is 6.07 Å². The molecule has 1 aromatic heterocycles. The molecule has 21 heavy (non-hydrogen) atoms. The van der Waals surface area contributed by atoms with Gasteiger partial charge in [0.25, 0.3) is 5.91 Å². The molecular formula is C13H16N4O3S. The lowest BCUT2D eigenvalue weighted by atomic mass is 10.2. The smallest absolute Gasteiger partial charge is 0.251 e. The zero-order valence-electron chi connectivity index (χ0n) is 11.7. The molecule has 2 rings (SSSR count). The number of nitrogens with zero attached hydrogens (tertiary/aromatic N) is 1. The topological polar surface area (TPSA) is 104 Å². The van der Waals surface area contributed by atoms with E-state index in [1.807, 2.05) is 6.92 Å². The van der Waals surface area contributed by atoms with Crippen LogP contribution in [-0.4, -0.2) is 31.6 Å². The molecule has 0 radical (unpaired) electrons. The van der Waals surface area contributed by atoms with Crippen molar-refractivity contribution < 1.29 is 13.2 Å². The van der Waals surface area contributed by atoms with Crippen LogP contribution in [0.2, 0.25) is 0 Å². The van der Waals surface area contributed by atoms with Crippen LogP contribution in [0.5, 0.6) is 0 Å². The number of carbonyl (C=O) groups is 1. The van der Waals surface area contributed by atoms with Crippen molar-refractivity contribution in [3.05, 3.63) is 47.3 Å². The van der Waals surface area contributed by atoms with Gasteiger partial charge in [0.1, 0.15) is 0 Å². The lowest BCUT2D eigenvalue weighted by Crippen LogP contribution is -2.24. The van der Waals surface area contributed by atoms with Crippen molar-refractivity contribution in [2.45, 2.75) is 18.4 Å². The molecule has 0 saturated heterocycles. The van der Waals surface area contributed by atoms with E-state index in [-0.39, 0.29) is 16.4 Å². The standard InChI is InChI=1S/C13H16N4O3S/c1-9-11(8-16-17-9)7-15-13(18)10-4-3-5-12(6-10)21(19,20)14-2/h3-6,8,14H,7H2,1-2H3,(H,15,18)(H,16,17). The largest absolute Gasteiger partial charge is 0.348 e. The maximum atomic E-state index is 12.1. The molecular weight excluding hydrogens is 292 g/mol. The third kappa shape index (κ3) is 3.47. The van der Waals surface area contributed by atoms with Crippen molar-refractivity contribution >= 4 is 15.9 Å². The third-order valence-corrected chi connectivity index (χ3v) is 4.46. The van der Waals surface area contributed by atoms with Crippen LogP contribution < -0.4 is 10.0 Å². The first-order valence-electron chi connectivity index (χ1n) is 6.24. The Bertz CT molecular complexity index is 752. The molecule has 0 aliphatic carbocycles. The van der Waals surface area contributed by atoms with E-state index in [4.69, 9.17) is 0 Å². The number of benzene rings is 1. The molecule has 0 unspecified atom stereocenters. The maximum Gasteiger partial charge on any atom is 0.251 e. The molecule has 0 saturated carbocycles. The molecule has 0 fully saturated rings. The normalized spacial score (nSPS) is 11.3. The maximum absolute atomic E-state index is 12.1. The zero-order valence-corrected chi connectivity index (χ0v) is 12.5. The Morgan fingerprint density at radius 2 is 2.14 bits per heavy atom. The monoisotopic (exact) mass is 308 g/mol. The van der Waals surface area contributed by atoms with E-state index in [0.717, 1.165) is 11.3 Å². The van der Waals surface area contributed by atoms with Crippen molar-refractivity contribution in [2.75, 3.05) is 7.05 Å². The van der Waals surface area contributed by atoms with E-state index >= 15 is 0 Å². The van der Waals surface area contributed by atoms with Crippen LogP contribution in [0.1, 0.15) is 21.6 Å². The Morgan fingerprint density at radius 1 is 1.38 bits per heavy atom. The molecule has 1 amide bonds. The summed E-state index contributed by atoms with van der Waals surface area (Å²) in [5, 5.41) is 9.37. The van der Waals surface area contributed by atoms with E-state index in [2.05, 4.69) is 20.2 Å². The summed E-state index contributed by atoms with van der Waals surface area (Å²) in [6.45, 7) is 2.18. The van der Waals surface area contributed by atoms with Crippen LogP contribution in [0.4, 0.5) is 0 Å². The number of aromatic nitrogens is 2. The highest BCUT2D eigenvalue weighted by atomic mass is 32.2. The molecule has 7 nitrogen and oxygen atoms in total. The van der Waals surface area contributed by atoms with Crippen molar-refractivity contribution in [3.63, 3.8) is 0 Å². The van der Waals surface area contributed by atoms with E-state index in [1.165, 1.54) is 25.2 Å². The lowest BCUT2D eigenvalue weighted by molar-refractivity contribution is 0.0950. The predicted octanol–water partition coefficient (Wildman–Crippen LogP) is 0.556. The fraction of sp³-hybridized carbons (Fsp3) is 0.231. The second-order valence-electron chi connectivity index (χ2n) is 4.44. The molecule has 3 N–H and O–H groups in total. The van der Waals surface area contributed by atoms with E-state index in [0.29, 0.717) is 6.54 Å². The predicted molar refractivity (Wildman–Crippen MR) is 77.2 cm³/mol. The highest BCUT2D eigenvalue weighted by Gasteiger charge is 2.14. The molecule has 1 aromatic carbocycles. The van der Waals surface area contributed by atoms with Gasteiger partial charge in [0.05, 0.1) is 11.1 Å². The molecule has 0 bridgehead atoms. The van der Waals surface area contributed by atoms with E-state index in [1.54, 1.807) is 12.3 Å². The van der Waals surface area contributed by atoms with Gasteiger partial charge in [-0.2, -0.15) is 5.10 Å². The summed E-state index contributed by atoms with van der Waals surface area (Å²) in [6, 6.07) is 5.86. The first-order valence-corrected chi connectivity index (χ1v) is 7.73. The summed E-state index contributed by atoms with van der Waals surface area (Å²) in [4.78, 5) is 12.1. The van der Waals surface area contributed by atoms with Crippen molar-refractivity contribution in [2.24, 2.45) is 0 Å². The summed E-state index contributed by atoms with van der Waals surface area (Å²) >= 11 is 0. The number of hydrogen-bond donors (Lipinski definition) is 3. The number of carbonyl (C=O) groups excluding carboxylic acids is 1. The van der Waals surface area contributed by atoms with Crippen molar-refractivity contribution in [1.82, 2.24) is 20.2 Å². The Balaban J connectivity index is 2.13. The van der Waals surface area contributed by atoms with Crippen LogP contribution in [0, 0.1) is 6.92 Å². The number of sulfonamides is 1. The number of H-pyrrole nitrogens is 1. The van der Waals surface area contributed by atoms with Crippen LogP contribution >= 0.6 is 0 Å². The number of nitrogens with one attached hydrogen (secondary N) is 3. The molecule has 8 heteroatoms. The fourth-order valence-electron chi connectivity index (χ4n) is 1.75. The minimum absolute atomic E-state index is 0.0529. The highest BCUT2D eigenvalue weighted by Crippen LogP contribution is 2.11. The Morgan fingerprint density at radius 3 is 2.76 bits per heavy atom. The molecule has 2 aromatic rings. The van der Waals surface area contributed by atoms with Crippen molar-refractivity contribution in [1.29, 1.82) is 0 Å². The lowest BCUT2D eigenvalue weighted by Gasteiger charge is -2.07. The Hall–Kier alpha value is -2.19. The average molecular weight is 308 g/mol. The number of amides is 1. The Labute approximate surface area is 122 Å². The average Bonchev–Trinajstić information content (AvgIpc) is 2.90. The van der Waals surface area contributed by atoms with Crippen LogP contribution in [0.15, 0.2) is 35.4 Å². The summed E-state index contributed by atoms with van der Waals surface area (Å²) in [6.07, 6.45) is 1.64. The van der Waals surface area contributed by atoms with Gasteiger partial charge in [-0.25, -0.2) is 13.1 Å². The van der Waals surface area contributed by atoms with Crippen LogP contribution in [0.25, 0.3) is 0 Å². The molecule has 1 heterocycles. The van der Waals surface area contributed by atoms with Gasteiger partial charge in [-0.15, -0.1) is 0 Å². The first-order chi connectivity index (χ1) is 9.94. The van der Waals surface area contributed by atoms with Gasteiger partial charge in [0, 0.05) is 23.4 Å². The van der Waals surface area contributed by atoms with Gasteiger partial charge in [-0.3, -0.25) is 9.89 Å². The summed E-state index contributed by atoms with van der Waals surface area (Å²) in [5.41, 5.74) is 2.04. The summed E-state index contributed by atoms with van der Waals surface area (Å²) in [5.74, 6) is -0.344. The van der Waals surface area contributed by atoms with Gasteiger partial charge in [0.2, 0.25) is 10.0 Å². The third-order valence-electron chi connectivity index (χ3n) is 3.05. The zero-order chi connectivity index (χ0) is 15.5. The number of aryl methyl sites for hydroxylation is 1. The van der Waals surface area contributed by atoms with Gasteiger partial charge in [-0.05, 0) is 32.2 Å². The molecule has 112 valence electrons. The van der Waals surface area contributed by atoms with Crippen molar-refractivity contribution in [3.8, 4) is 0 Å². The van der Waals surface area contributed by atoms with Gasteiger partial charge < -0.3 is 5.32 Å². The second-order valence-corrected chi connectivity index (χ2v) is 6.32. The summed E-state index contributed by atoms with van der Waals surface area (Å²) in [7, 11) is -2.24. The highest BCUT2D eigenvalue weighted by molar-refractivity contribution is 7.89. The number of aromatic amines is 1. The van der Waals surface area contributed by atoms with Gasteiger partial charge in [0.15, 0.2) is 0 Å². The number of hydrogen-bond acceptors (Lipinski definition) is 4. The fourth-order valence-corrected chi connectivity index (χ4v) is 2.53. The molecule has 0 aliphatic rings. The molecule has 0 atom stereocenters. The molecule has 0 spiro atoms. The molecule has 0 aliphatic heterocycles. The SMILES string of the molecule is CNS(=O)(=O)c1cccc(C(=O)NCc2cn[nH]c2C)c1. The minimum Gasteiger partial charge on any atom is -0.348 e. The van der Waals surface area contributed by atoms with E-state index < -0.39 is 10.0 Å². The van der Waals surface area contributed by atoms with E-state index in [9.17, 15) is 13.2 Å². The first kappa shape index (κ1) is 15.2. The summed E-state index contributed by atoms with van der Waals surface area (Å²) < 4.78 is 25.6. The second kappa shape index (κ2) is 6.06. The number of rotatable bonds is 5. The van der Waals surface area contributed by atoms with Gasteiger partial charge >= 0.3 is 0 Å². The van der Waals surface area contributed by atoms with Crippen LogP contribution in [0.3, 0.4) is 0 Å². The minimum atomic E-state index is -3.56. The quantitative estimate of drug-likeness (QED) is 0.750. The van der Waals surface area contributed by atoms with Crippen LogP contribution in [-0.2, 0) is 16.6 Å².